The molecule has 2 heterocycles. The van der Waals surface area contributed by atoms with Crippen molar-refractivity contribution < 1.29 is 14.0 Å². The number of halogens is 1. The fraction of sp³-hybridized carbons (Fsp3) is 0.286. The third kappa shape index (κ3) is 3.75. The van der Waals surface area contributed by atoms with E-state index in [1.165, 1.54) is 17.0 Å². The molecule has 1 N–H and O–H groups in total. The van der Waals surface area contributed by atoms with Crippen LogP contribution in [0.3, 0.4) is 0 Å². The van der Waals surface area contributed by atoms with E-state index in [2.05, 4.69) is 5.32 Å². The molecule has 146 valence electrons. The van der Waals surface area contributed by atoms with E-state index in [1.807, 2.05) is 31.4 Å². The van der Waals surface area contributed by atoms with Crippen LogP contribution in [0.4, 0.5) is 4.39 Å². The van der Waals surface area contributed by atoms with Crippen LogP contribution in [-0.2, 0) is 9.59 Å². The quantitative estimate of drug-likeness (QED) is 0.474. The van der Waals surface area contributed by atoms with Crippen molar-refractivity contribution >= 4 is 35.2 Å². The van der Waals surface area contributed by atoms with Crippen LogP contribution in [-0.4, -0.2) is 32.9 Å². The Labute approximate surface area is 168 Å². The Morgan fingerprint density at radius 3 is 2.50 bits per heavy atom. The predicted octanol–water partition coefficient (Wildman–Crippen LogP) is 3.66. The maximum Gasteiger partial charge on any atom is 0.265 e. The average Bonchev–Trinajstić information content (AvgIpc) is 2.93. The molecule has 0 bridgehead atoms. The van der Waals surface area contributed by atoms with Gasteiger partial charge in [0.2, 0.25) is 0 Å². The van der Waals surface area contributed by atoms with Crippen molar-refractivity contribution in [1.82, 2.24) is 14.8 Å². The van der Waals surface area contributed by atoms with Crippen LogP contribution in [0.2, 0.25) is 0 Å². The summed E-state index contributed by atoms with van der Waals surface area (Å²) in [6.45, 7) is 6.31. The zero-order valence-corrected chi connectivity index (χ0v) is 16.9. The summed E-state index contributed by atoms with van der Waals surface area (Å²) in [7, 11) is 0. The molecule has 2 amide bonds. The Kier molecular flexibility index (Phi) is 5.74. The molecule has 0 saturated carbocycles. The van der Waals surface area contributed by atoms with Gasteiger partial charge in [-0.15, -0.1) is 0 Å². The summed E-state index contributed by atoms with van der Waals surface area (Å²) < 4.78 is 15.2. The Balaban J connectivity index is 1.99. The Morgan fingerprint density at radius 1 is 1.18 bits per heavy atom. The van der Waals surface area contributed by atoms with Gasteiger partial charge in [-0.25, -0.2) is 4.39 Å². The largest absolute Gasteiger partial charge is 0.318 e. The van der Waals surface area contributed by atoms with Crippen molar-refractivity contribution in [2.24, 2.45) is 0 Å². The normalized spacial score (nSPS) is 16.1. The van der Waals surface area contributed by atoms with Crippen molar-refractivity contribution in [3.63, 3.8) is 0 Å². The highest BCUT2D eigenvalue weighted by molar-refractivity contribution is 7.80. The number of hydrogen-bond donors (Lipinski definition) is 1. The number of nitrogens with zero attached hydrogens (tertiary/aromatic N) is 2. The van der Waals surface area contributed by atoms with Crippen molar-refractivity contribution in [2.45, 2.75) is 33.6 Å². The summed E-state index contributed by atoms with van der Waals surface area (Å²) in [5, 5.41) is 2.75. The zero-order chi connectivity index (χ0) is 20.4. The maximum atomic E-state index is 13.2. The molecule has 0 unspecified atom stereocenters. The first-order valence-electron chi connectivity index (χ1n) is 9.17. The van der Waals surface area contributed by atoms with Gasteiger partial charge in [-0.1, -0.05) is 13.3 Å². The minimum atomic E-state index is -0.491. The predicted molar refractivity (Wildman–Crippen MR) is 111 cm³/mol. The minimum Gasteiger partial charge on any atom is -0.318 e. The molecule has 5 nitrogen and oxygen atoms in total. The third-order valence-corrected chi connectivity index (χ3v) is 5.10. The lowest BCUT2D eigenvalue weighted by Gasteiger charge is -2.28. The molecule has 1 aliphatic rings. The summed E-state index contributed by atoms with van der Waals surface area (Å²) >= 11 is 5.15. The highest BCUT2D eigenvalue weighted by Gasteiger charge is 2.33. The van der Waals surface area contributed by atoms with E-state index in [1.54, 1.807) is 18.2 Å². The first-order valence-corrected chi connectivity index (χ1v) is 9.58. The summed E-state index contributed by atoms with van der Waals surface area (Å²) in [6, 6.07) is 8.08. The van der Waals surface area contributed by atoms with E-state index in [0.29, 0.717) is 6.54 Å². The number of hydrogen-bond acceptors (Lipinski definition) is 3. The van der Waals surface area contributed by atoms with E-state index in [-0.39, 0.29) is 22.4 Å². The van der Waals surface area contributed by atoms with Gasteiger partial charge in [-0.2, -0.15) is 0 Å². The molecule has 28 heavy (non-hydrogen) atoms. The number of aromatic nitrogens is 1. The number of aryl methyl sites for hydroxylation is 1. The topological polar surface area (TPSA) is 54.3 Å². The number of amides is 2. The van der Waals surface area contributed by atoms with Crippen LogP contribution in [0, 0.1) is 19.7 Å². The maximum absolute atomic E-state index is 13.2. The number of unbranched alkanes of at least 4 members (excludes halogenated alkanes) is 1. The number of carbonyl (C=O) groups is 2. The SMILES string of the molecule is CCCCN1C(=O)/C(=C\c2cc(C)n(-c3ccc(F)cc3)c2C)C(=O)NC1=S. The molecule has 1 aliphatic heterocycles. The van der Waals surface area contributed by atoms with Crippen molar-refractivity contribution in [2.75, 3.05) is 6.54 Å². The summed E-state index contributed by atoms with van der Waals surface area (Å²) in [4.78, 5) is 26.7. The Morgan fingerprint density at radius 2 is 1.86 bits per heavy atom. The fourth-order valence-corrected chi connectivity index (χ4v) is 3.56. The summed E-state index contributed by atoms with van der Waals surface area (Å²) in [6.07, 6.45) is 3.31. The molecule has 0 radical (unpaired) electrons. The molecule has 3 rings (SSSR count). The van der Waals surface area contributed by atoms with Crippen molar-refractivity contribution in [3.8, 4) is 5.69 Å². The van der Waals surface area contributed by atoms with Gasteiger partial charge in [-0.05, 0) is 74.5 Å². The zero-order valence-electron chi connectivity index (χ0n) is 16.1. The van der Waals surface area contributed by atoms with E-state index in [0.717, 1.165) is 35.5 Å². The molecular formula is C21H22FN3O2S. The summed E-state index contributed by atoms with van der Waals surface area (Å²) in [5.41, 5.74) is 3.39. The first-order chi connectivity index (χ1) is 13.3. The second-order valence-corrected chi connectivity index (χ2v) is 7.15. The van der Waals surface area contributed by atoms with Gasteiger partial charge in [-0.3, -0.25) is 19.8 Å². The highest BCUT2D eigenvalue weighted by atomic mass is 32.1. The van der Waals surface area contributed by atoms with Gasteiger partial charge in [0.05, 0.1) is 0 Å². The van der Waals surface area contributed by atoms with Gasteiger partial charge in [0.15, 0.2) is 5.11 Å². The monoisotopic (exact) mass is 399 g/mol. The smallest absolute Gasteiger partial charge is 0.265 e. The molecule has 0 atom stereocenters. The fourth-order valence-electron chi connectivity index (χ4n) is 3.29. The molecule has 1 aromatic carbocycles. The summed E-state index contributed by atoms with van der Waals surface area (Å²) in [5.74, 6) is -1.18. The second kappa shape index (κ2) is 8.06. The molecule has 0 spiro atoms. The van der Waals surface area contributed by atoms with Gasteiger partial charge in [0, 0.05) is 23.6 Å². The van der Waals surface area contributed by atoms with E-state index in [9.17, 15) is 14.0 Å². The molecule has 1 aromatic heterocycles. The Bertz CT molecular complexity index is 976. The van der Waals surface area contributed by atoms with E-state index >= 15 is 0 Å². The van der Waals surface area contributed by atoms with Gasteiger partial charge in [0.25, 0.3) is 11.8 Å². The molecule has 1 saturated heterocycles. The second-order valence-electron chi connectivity index (χ2n) is 6.77. The lowest BCUT2D eigenvalue weighted by Crippen LogP contribution is -2.54. The standard InChI is InChI=1S/C21H22FN3O2S/c1-4-5-10-24-20(27)18(19(26)23-21(24)28)12-15-11-13(2)25(14(15)3)17-8-6-16(22)7-9-17/h6-9,11-12H,4-5,10H2,1-3H3,(H,23,26,28)/b18-12-. The van der Waals surface area contributed by atoms with Gasteiger partial charge < -0.3 is 4.57 Å². The number of nitrogens with one attached hydrogen (secondary N) is 1. The molecule has 1 fully saturated rings. The van der Waals surface area contributed by atoms with Crippen molar-refractivity contribution in [3.05, 3.63) is 58.7 Å². The lowest BCUT2D eigenvalue weighted by atomic mass is 10.1. The number of rotatable bonds is 5. The molecule has 2 aromatic rings. The van der Waals surface area contributed by atoms with Crippen LogP contribution in [0.25, 0.3) is 11.8 Å². The van der Waals surface area contributed by atoms with Crippen LogP contribution < -0.4 is 5.32 Å². The minimum absolute atomic E-state index is 0.0593. The van der Waals surface area contributed by atoms with Gasteiger partial charge >= 0.3 is 0 Å². The van der Waals surface area contributed by atoms with E-state index in [4.69, 9.17) is 12.2 Å². The van der Waals surface area contributed by atoms with Crippen LogP contribution in [0.15, 0.2) is 35.9 Å². The lowest BCUT2D eigenvalue weighted by molar-refractivity contribution is -0.128. The number of benzene rings is 1. The average molecular weight is 399 g/mol. The number of thiocarbonyl (C=S) groups is 1. The van der Waals surface area contributed by atoms with Crippen LogP contribution >= 0.6 is 12.2 Å². The third-order valence-electron chi connectivity index (χ3n) is 4.78. The number of carbonyl (C=O) groups excluding carboxylic acids is 2. The van der Waals surface area contributed by atoms with E-state index < -0.39 is 5.91 Å². The van der Waals surface area contributed by atoms with Crippen LogP contribution in [0.1, 0.15) is 36.7 Å². The Hall–Kier alpha value is -2.80. The first kappa shape index (κ1) is 19.9. The van der Waals surface area contributed by atoms with Crippen LogP contribution in [0.5, 0.6) is 0 Å². The molecule has 0 aliphatic carbocycles. The van der Waals surface area contributed by atoms with Gasteiger partial charge in [0.1, 0.15) is 11.4 Å². The molecular weight excluding hydrogens is 377 g/mol. The highest BCUT2D eigenvalue weighted by Crippen LogP contribution is 2.24. The molecule has 7 heteroatoms. The van der Waals surface area contributed by atoms with Crippen molar-refractivity contribution in [1.29, 1.82) is 0 Å².